The molecular formula is C39H44ClN5O9S2. The average molecular weight is 826 g/mol. The van der Waals surface area contributed by atoms with Crippen molar-refractivity contribution in [3.63, 3.8) is 0 Å². The predicted molar refractivity (Wildman–Crippen MR) is 213 cm³/mol. The van der Waals surface area contributed by atoms with Crippen LogP contribution in [0, 0.1) is 0 Å². The molecule has 1 saturated heterocycles. The minimum Gasteiger partial charge on any atom is -0.457 e. The van der Waals surface area contributed by atoms with Crippen molar-refractivity contribution in [3.05, 3.63) is 94.1 Å². The number of anilines is 1. The number of β-lactam (4-membered cyclic amide) rings is 1. The fourth-order valence-electron chi connectivity index (χ4n) is 5.36. The van der Waals surface area contributed by atoms with E-state index in [1.807, 2.05) is 60.7 Å². The van der Waals surface area contributed by atoms with Crippen LogP contribution in [0.15, 0.2) is 82.5 Å². The van der Waals surface area contributed by atoms with E-state index in [1.165, 1.54) is 35.9 Å². The molecule has 0 radical (unpaired) electrons. The molecule has 2 aliphatic heterocycles. The van der Waals surface area contributed by atoms with Gasteiger partial charge >= 0.3 is 18.0 Å². The number of rotatable bonds is 12. The first-order valence-corrected chi connectivity index (χ1v) is 20.0. The van der Waals surface area contributed by atoms with Crippen LogP contribution in [-0.2, 0) is 38.2 Å². The molecule has 14 nitrogen and oxygen atoms in total. The zero-order valence-corrected chi connectivity index (χ0v) is 34.6. The number of halogens is 1. The summed E-state index contributed by atoms with van der Waals surface area (Å²) in [5, 5.41) is 10.1. The highest BCUT2D eigenvalue weighted by molar-refractivity contribution is 8.00. The van der Waals surface area contributed by atoms with Crippen molar-refractivity contribution >= 4 is 75.4 Å². The van der Waals surface area contributed by atoms with Crippen LogP contribution in [0.5, 0.6) is 0 Å². The van der Waals surface area contributed by atoms with Gasteiger partial charge < -0.3 is 24.4 Å². The first kappa shape index (κ1) is 42.2. The van der Waals surface area contributed by atoms with Crippen LogP contribution in [0.25, 0.3) is 0 Å². The molecule has 56 heavy (non-hydrogen) atoms. The highest BCUT2D eigenvalue weighted by Gasteiger charge is 2.55. The molecule has 298 valence electrons. The number of oxime groups is 1. The molecule has 2 unspecified atom stereocenters. The Morgan fingerprint density at radius 2 is 1.52 bits per heavy atom. The number of thiazole rings is 1. The van der Waals surface area contributed by atoms with Crippen molar-refractivity contribution in [2.45, 2.75) is 89.7 Å². The Hall–Kier alpha value is -4.93. The van der Waals surface area contributed by atoms with Crippen LogP contribution >= 0.6 is 34.7 Å². The lowest BCUT2D eigenvalue weighted by atomic mass is 10.0. The molecule has 3 aromatic rings. The third kappa shape index (κ3) is 10.3. The smallest absolute Gasteiger partial charge is 0.413 e. The lowest BCUT2D eigenvalue weighted by molar-refractivity contribution is -0.179. The van der Waals surface area contributed by atoms with E-state index in [4.69, 9.17) is 30.6 Å². The largest absolute Gasteiger partial charge is 0.457 e. The van der Waals surface area contributed by atoms with Gasteiger partial charge in [-0.25, -0.2) is 19.4 Å². The maximum atomic E-state index is 14.0. The van der Waals surface area contributed by atoms with Gasteiger partial charge in [0, 0.05) is 17.0 Å². The molecule has 2 atom stereocenters. The van der Waals surface area contributed by atoms with Crippen molar-refractivity contribution in [3.8, 4) is 0 Å². The maximum absolute atomic E-state index is 14.0. The quantitative estimate of drug-likeness (QED) is 0.0506. The summed E-state index contributed by atoms with van der Waals surface area (Å²) in [7, 11) is 0. The first-order chi connectivity index (χ1) is 26.3. The lowest BCUT2D eigenvalue weighted by Crippen LogP contribution is -2.71. The number of hydrogen-bond acceptors (Lipinski definition) is 13. The summed E-state index contributed by atoms with van der Waals surface area (Å²) in [5.74, 6) is -2.68. The average Bonchev–Trinajstić information content (AvgIpc) is 3.58. The monoisotopic (exact) mass is 825 g/mol. The number of hydrogen-bond donors (Lipinski definition) is 2. The van der Waals surface area contributed by atoms with E-state index in [0.29, 0.717) is 5.57 Å². The van der Waals surface area contributed by atoms with Crippen molar-refractivity contribution in [2.24, 2.45) is 5.16 Å². The van der Waals surface area contributed by atoms with Crippen molar-refractivity contribution < 1.29 is 43.0 Å². The van der Waals surface area contributed by atoms with Crippen LogP contribution < -0.4 is 10.6 Å². The molecule has 0 aliphatic carbocycles. The number of amides is 3. The standard InChI is InChI=1S/C39H44ClN5O9S2/c1-37(2,3)52-34(49)39(7,8)54-44-26(25-21-56-35(41-25)43-36(50)53-38(4,5)6)30(46)42-27-31(47)45-28(24(19-40)20-55-32(27)45)33(48)51-29(22-15-11-9-12-16-22)23-17-13-10-14-18-23/h9-18,21,27,29,32H,19-20H2,1-8H3,(H,42,46)(H,41,43,50)/b44-26-. The molecule has 1 fully saturated rings. The Balaban J connectivity index is 1.39. The predicted octanol–water partition coefficient (Wildman–Crippen LogP) is 6.56. The summed E-state index contributed by atoms with van der Waals surface area (Å²) in [6.45, 7) is 13.0. The van der Waals surface area contributed by atoms with E-state index >= 15 is 0 Å². The lowest BCUT2D eigenvalue weighted by Gasteiger charge is -2.49. The van der Waals surface area contributed by atoms with E-state index in [9.17, 15) is 24.0 Å². The molecule has 0 spiro atoms. The zero-order valence-electron chi connectivity index (χ0n) is 32.2. The van der Waals surface area contributed by atoms with Gasteiger partial charge in [0.05, 0.1) is 0 Å². The summed E-state index contributed by atoms with van der Waals surface area (Å²) in [6, 6.07) is 17.4. The summed E-state index contributed by atoms with van der Waals surface area (Å²) in [6.07, 6.45) is -1.54. The van der Waals surface area contributed by atoms with Crippen molar-refractivity contribution in [1.29, 1.82) is 0 Å². The molecule has 2 aromatic carbocycles. The Kier molecular flexibility index (Phi) is 12.9. The van der Waals surface area contributed by atoms with Crippen LogP contribution in [0.1, 0.15) is 78.3 Å². The second-order valence-corrected chi connectivity index (χ2v) is 17.5. The first-order valence-electron chi connectivity index (χ1n) is 17.6. The number of carbonyl (C=O) groups is 5. The number of esters is 2. The topological polar surface area (TPSA) is 175 Å². The molecule has 0 saturated carbocycles. The van der Waals surface area contributed by atoms with Gasteiger partial charge in [0.2, 0.25) is 5.60 Å². The van der Waals surface area contributed by atoms with Gasteiger partial charge in [0.15, 0.2) is 16.9 Å². The molecule has 3 amide bonds. The van der Waals surface area contributed by atoms with E-state index in [1.54, 1.807) is 41.5 Å². The number of ether oxygens (including phenoxy) is 3. The third-order valence-corrected chi connectivity index (χ3v) is 10.4. The number of alkyl halides is 1. The van der Waals surface area contributed by atoms with E-state index in [0.717, 1.165) is 22.5 Å². The minimum atomic E-state index is -1.65. The van der Waals surface area contributed by atoms with Crippen molar-refractivity contribution in [1.82, 2.24) is 15.2 Å². The fourth-order valence-corrected chi connectivity index (χ4v) is 7.72. The number of benzene rings is 2. The second kappa shape index (κ2) is 17.1. The highest BCUT2D eigenvalue weighted by Crippen LogP contribution is 2.42. The zero-order chi connectivity index (χ0) is 41.0. The van der Waals surface area contributed by atoms with Gasteiger partial charge in [-0.2, -0.15) is 0 Å². The summed E-state index contributed by atoms with van der Waals surface area (Å²) < 4.78 is 16.9. The van der Waals surface area contributed by atoms with E-state index < -0.39 is 69.9 Å². The fraction of sp³-hybridized carbons (Fsp3) is 0.410. The van der Waals surface area contributed by atoms with Crippen LogP contribution in [0.4, 0.5) is 9.93 Å². The number of aromatic nitrogens is 1. The molecule has 2 aliphatic rings. The van der Waals surface area contributed by atoms with Gasteiger partial charge in [-0.1, -0.05) is 65.8 Å². The third-order valence-electron chi connectivity index (χ3n) is 7.94. The number of nitrogens with one attached hydrogen (secondary N) is 2. The number of thioether (sulfide) groups is 1. The SMILES string of the molecule is CC(C)(C)OC(=O)Nc1nc(/C(=N/OC(C)(C)C(=O)OC(C)(C)C)C(=O)NC2C(=O)N3C(C(=O)OC(c4ccccc4)c4ccccc4)=C(CCl)CSC23)cs1. The Morgan fingerprint density at radius 3 is 2.07 bits per heavy atom. The second-order valence-electron chi connectivity index (χ2n) is 15.3. The van der Waals surface area contributed by atoms with Crippen molar-refractivity contribution in [2.75, 3.05) is 16.9 Å². The number of fused-ring (bicyclic) bond motifs is 1. The Labute approximate surface area is 338 Å². The molecule has 2 N–H and O–H groups in total. The van der Waals surface area contributed by atoms with E-state index in [2.05, 4.69) is 20.8 Å². The van der Waals surface area contributed by atoms with Gasteiger partial charge in [0.25, 0.3) is 11.8 Å². The number of nitrogens with zero attached hydrogens (tertiary/aromatic N) is 3. The molecule has 0 bridgehead atoms. The Bertz CT molecular complexity index is 1980. The van der Waals surface area contributed by atoms with Gasteiger partial charge in [-0.05, 0) is 72.1 Å². The summed E-state index contributed by atoms with van der Waals surface area (Å²) >= 11 is 8.61. The van der Waals surface area contributed by atoms with Gasteiger partial charge in [-0.15, -0.1) is 34.7 Å². The van der Waals surface area contributed by atoms with Crippen LogP contribution in [0.3, 0.4) is 0 Å². The van der Waals surface area contributed by atoms with E-state index in [-0.39, 0.29) is 28.2 Å². The minimum absolute atomic E-state index is 0.0183. The molecule has 17 heteroatoms. The van der Waals surface area contributed by atoms with Gasteiger partial charge in [0.1, 0.15) is 34.0 Å². The molecule has 1 aromatic heterocycles. The highest BCUT2D eigenvalue weighted by atomic mass is 35.5. The van der Waals surface area contributed by atoms with Crippen LogP contribution in [-0.4, -0.2) is 85.3 Å². The maximum Gasteiger partial charge on any atom is 0.413 e. The number of carbonyl (C=O) groups excluding carboxylic acids is 5. The molecule has 3 heterocycles. The summed E-state index contributed by atoms with van der Waals surface area (Å²) in [4.78, 5) is 78.5. The molecular weight excluding hydrogens is 782 g/mol. The normalized spacial score (nSPS) is 17.4. The molecule has 5 rings (SSSR count). The Morgan fingerprint density at radius 1 is 0.929 bits per heavy atom. The summed E-state index contributed by atoms with van der Waals surface area (Å²) in [5.41, 5.74) is -1.70. The van der Waals surface area contributed by atoms with Crippen LogP contribution in [0.2, 0.25) is 0 Å². The van der Waals surface area contributed by atoms with Gasteiger partial charge in [-0.3, -0.25) is 19.8 Å².